The lowest BCUT2D eigenvalue weighted by Crippen LogP contribution is -2.21. The normalized spacial score (nSPS) is 11.3. The van der Waals surface area contributed by atoms with E-state index in [0.29, 0.717) is 6.61 Å². The van der Waals surface area contributed by atoms with Gasteiger partial charge in [0.1, 0.15) is 5.01 Å². The second-order valence-corrected chi connectivity index (χ2v) is 4.70. The third-order valence-electron chi connectivity index (χ3n) is 2.50. The van der Waals surface area contributed by atoms with Crippen LogP contribution in [0.25, 0.3) is 0 Å². The molecule has 5 heteroatoms. The second-order valence-electron chi connectivity index (χ2n) is 3.53. The monoisotopic (exact) mass is 244 g/mol. The van der Waals surface area contributed by atoms with Crippen LogP contribution in [0.5, 0.6) is 0 Å². The van der Waals surface area contributed by atoms with Crippen LogP contribution in [0.4, 0.5) is 0 Å². The molecule has 16 heavy (non-hydrogen) atoms. The van der Waals surface area contributed by atoms with E-state index in [1.54, 1.807) is 18.4 Å². The number of hydrogen-bond acceptors (Lipinski definition) is 5. The molecule has 0 spiro atoms. The molecule has 0 saturated carbocycles. The highest BCUT2D eigenvalue weighted by atomic mass is 32.1. The minimum Gasteiger partial charge on any atom is -0.391 e. The summed E-state index contributed by atoms with van der Waals surface area (Å²) in [5.41, 5.74) is 0.872. The molecule has 0 bridgehead atoms. The molecule has 0 saturated heterocycles. The van der Waals surface area contributed by atoms with Gasteiger partial charge in [-0.1, -0.05) is 13.8 Å². The molecule has 92 valence electrons. The van der Waals surface area contributed by atoms with Crippen molar-refractivity contribution in [3.05, 3.63) is 15.6 Å². The van der Waals surface area contributed by atoms with Crippen LogP contribution in [0.1, 0.15) is 29.4 Å². The van der Waals surface area contributed by atoms with Crippen LogP contribution in [0.3, 0.4) is 0 Å². The second kappa shape index (κ2) is 6.96. The Labute approximate surface area is 101 Å². The zero-order valence-electron chi connectivity index (χ0n) is 10.2. The molecule has 1 rings (SSSR count). The average Bonchev–Trinajstić information content (AvgIpc) is 2.68. The van der Waals surface area contributed by atoms with Gasteiger partial charge in [0.15, 0.2) is 0 Å². The predicted molar refractivity (Wildman–Crippen MR) is 65.4 cm³/mol. The zero-order chi connectivity index (χ0) is 12.0. The van der Waals surface area contributed by atoms with Gasteiger partial charge in [-0.05, 0) is 13.1 Å². The van der Waals surface area contributed by atoms with Gasteiger partial charge in [-0.3, -0.25) is 4.90 Å². The van der Waals surface area contributed by atoms with Crippen molar-refractivity contribution in [1.82, 2.24) is 9.88 Å². The van der Waals surface area contributed by atoms with Crippen molar-refractivity contribution in [1.29, 1.82) is 0 Å². The minimum absolute atomic E-state index is 0.0502. The van der Waals surface area contributed by atoms with Gasteiger partial charge in [0.25, 0.3) is 0 Å². The van der Waals surface area contributed by atoms with Gasteiger partial charge >= 0.3 is 0 Å². The smallest absolute Gasteiger partial charge is 0.107 e. The Morgan fingerprint density at radius 2 is 2.06 bits per heavy atom. The Morgan fingerprint density at radius 3 is 2.56 bits per heavy atom. The number of hydrogen-bond donors (Lipinski definition) is 1. The summed E-state index contributed by atoms with van der Waals surface area (Å²) in [4.78, 5) is 7.72. The molecule has 0 aliphatic rings. The predicted octanol–water partition coefficient (Wildman–Crippen LogP) is 1.62. The lowest BCUT2D eigenvalue weighted by Gasteiger charge is -2.15. The molecule has 0 amide bonds. The Hall–Kier alpha value is -0.490. The average molecular weight is 244 g/mol. The number of rotatable bonds is 7. The molecule has 0 aliphatic carbocycles. The number of nitrogens with zero attached hydrogens (tertiary/aromatic N) is 2. The topological polar surface area (TPSA) is 45.6 Å². The highest BCUT2D eigenvalue weighted by Crippen LogP contribution is 2.20. The van der Waals surface area contributed by atoms with Crippen LogP contribution in [0.2, 0.25) is 0 Å². The zero-order valence-corrected chi connectivity index (χ0v) is 11.0. The summed E-state index contributed by atoms with van der Waals surface area (Å²) < 4.78 is 5.06. The van der Waals surface area contributed by atoms with Gasteiger partial charge in [-0.2, -0.15) is 0 Å². The standard InChI is InChI=1S/C11H20N2O2S/c1-4-13(5-2)6-11-12-9(8-15-3)10(7-14)16-11/h14H,4-8H2,1-3H3. The Bertz CT molecular complexity index is 311. The molecule has 1 heterocycles. The van der Waals surface area contributed by atoms with Crippen LogP contribution in [0.15, 0.2) is 0 Å². The van der Waals surface area contributed by atoms with Gasteiger partial charge in [0.05, 0.1) is 30.3 Å². The van der Waals surface area contributed by atoms with E-state index in [4.69, 9.17) is 4.74 Å². The van der Waals surface area contributed by atoms with Crippen LogP contribution >= 0.6 is 11.3 Å². The SMILES string of the molecule is CCN(CC)Cc1nc(COC)c(CO)s1. The number of aliphatic hydroxyl groups excluding tert-OH is 1. The summed E-state index contributed by atoms with van der Waals surface area (Å²) in [5.74, 6) is 0. The summed E-state index contributed by atoms with van der Waals surface area (Å²) >= 11 is 1.58. The Balaban J connectivity index is 2.73. The number of aromatic nitrogens is 1. The molecule has 1 aromatic heterocycles. The van der Waals surface area contributed by atoms with Gasteiger partial charge in [-0.15, -0.1) is 11.3 Å². The van der Waals surface area contributed by atoms with Crippen molar-refractivity contribution in [2.75, 3.05) is 20.2 Å². The number of thiazole rings is 1. The van der Waals surface area contributed by atoms with E-state index >= 15 is 0 Å². The summed E-state index contributed by atoms with van der Waals surface area (Å²) in [6, 6.07) is 0. The Kier molecular flexibility index (Phi) is 5.90. The molecule has 0 fully saturated rings. The summed E-state index contributed by atoms with van der Waals surface area (Å²) in [7, 11) is 1.64. The summed E-state index contributed by atoms with van der Waals surface area (Å²) in [6.07, 6.45) is 0. The maximum absolute atomic E-state index is 9.21. The molecule has 0 aliphatic heterocycles. The number of aliphatic hydroxyl groups is 1. The maximum atomic E-state index is 9.21. The lowest BCUT2D eigenvalue weighted by atomic mass is 10.4. The lowest BCUT2D eigenvalue weighted by molar-refractivity contribution is 0.178. The molecule has 0 unspecified atom stereocenters. The first kappa shape index (κ1) is 13.6. The van der Waals surface area contributed by atoms with Crippen molar-refractivity contribution >= 4 is 11.3 Å². The van der Waals surface area contributed by atoms with Gasteiger partial charge in [0, 0.05) is 7.11 Å². The van der Waals surface area contributed by atoms with E-state index in [0.717, 1.165) is 35.2 Å². The van der Waals surface area contributed by atoms with Crippen LogP contribution in [-0.4, -0.2) is 35.2 Å². The van der Waals surface area contributed by atoms with E-state index in [-0.39, 0.29) is 6.61 Å². The largest absolute Gasteiger partial charge is 0.391 e. The Morgan fingerprint density at radius 1 is 1.38 bits per heavy atom. The van der Waals surface area contributed by atoms with E-state index in [1.165, 1.54) is 0 Å². The number of ether oxygens (including phenoxy) is 1. The van der Waals surface area contributed by atoms with Crippen molar-refractivity contribution in [2.45, 2.75) is 33.6 Å². The molecule has 0 atom stereocenters. The van der Waals surface area contributed by atoms with E-state index in [1.807, 2.05) is 0 Å². The van der Waals surface area contributed by atoms with Gasteiger partial charge in [-0.25, -0.2) is 4.98 Å². The van der Waals surface area contributed by atoms with Crippen LogP contribution < -0.4 is 0 Å². The molecule has 1 aromatic rings. The van der Waals surface area contributed by atoms with Crippen molar-refractivity contribution in [2.24, 2.45) is 0 Å². The van der Waals surface area contributed by atoms with Gasteiger partial charge < -0.3 is 9.84 Å². The summed E-state index contributed by atoms with van der Waals surface area (Å²) in [6.45, 7) is 7.70. The van der Waals surface area contributed by atoms with E-state index < -0.39 is 0 Å². The third kappa shape index (κ3) is 3.52. The minimum atomic E-state index is 0.0502. The first-order valence-electron chi connectivity index (χ1n) is 5.54. The fourth-order valence-electron chi connectivity index (χ4n) is 1.52. The van der Waals surface area contributed by atoms with Crippen molar-refractivity contribution in [3.8, 4) is 0 Å². The molecular weight excluding hydrogens is 224 g/mol. The van der Waals surface area contributed by atoms with Crippen molar-refractivity contribution in [3.63, 3.8) is 0 Å². The highest BCUT2D eigenvalue weighted by Gasteiger charge is 2.11. The van der Waals surface area contributed by atoms with Gasteiger partial charge in [0.2, 0.25) is 0 Å². The first-order chi connectivity index (χ1) is 7.74. The molecular formula is C11H20N2O2S. The third-order valence-corrected chi connectivity index (χ3v) is 3.57. The fourth-order valence-corrected chi connectivity index (χ4v) is 2.49. The fraction of sp³-hybridized carbons (Fsp3) is 0.727. The molecule has 0 aromatic carbocycles. The van der Waals surface area contributed by atoms with Crippen molar-refractivity contribution < 1.29 is 9.84 Å². The van der Waals surface area contributed by atoms with E-state index in [9.17, 15) is 5.11 Å². The maximum Gasteiger partial charge on any atom is 0.107 e. The van der Waals surface area contributed by atoms with Crippen LogP contribution in [-0.2, 0) is 24.5 Å². The quantitative estimate of drug-likeness (QED) is 0.792. The molecule has 0 radical (unpaired) electrons. The summed E-state index contributed by atoms with van der Waals surface area (Å²) in [5, 5.41) is 10.3. The molecule has 1 N–H and O–H groups in total. The van der Waals surface area contributed by atoms with E-state index in [2.05, 4.69) is 23.7 Å². The molecule has 4 nitrogen and oxygen atoms in total. The first-order valence-corrected chi connectivity index (χ1v) is 6.36. The highest BCUT2D eigenvalue weighted by molar-refractivity contribution is 7.11. The van der Waals surface area contributed by atoms with Crippen LogP contribution in [0, 0.1) is 0 Å². The number of methoxy groups -OCH3 is 1.